The maximum atomic E-state index is 5.95. The van der Waals surface area contributed by atoms with Crippen molar-refractivity contribution in [1.29, 1.82) is 0 Å². The topological polar surface area (TPSA) is 38.9 Å². The number of hydrogen-bond acceptors (Lipinski definition) is 2. The molecular weight excluding hydrogens is 184 g/mol. The lowest BCUT2D eigenvalue weighted by Crippen LogP contribution is -2.05. The van der Waals surface area contributed by atoms with E-state index in [0.717, 1.165) is 29.4 Å². The largest absolute Gasteiger partial charge is 0.398 e. The smallest absolute Gasteiger partial charge is 0.0726 e. The quantitative estimate of drug-likeness (QED) is 0.661. The van der Waals surface area contributed by atoms with Gasteiger partial charge >= 0.3 is 0 Å². The van der Waals surface area contributed by atoms with Crippen molar-refractivity contribution in [2.75, 3.05) is 5.73 Å². The zero-order valence-corrected chi connectivity index (χ0v) is 8.66. The van der Waals surface area contributed by atoms with Crippen LogP contribution in [0.25, 0.3) is 10.9 Å². The van der Waals surface area contributed by atoms with Crippen molar-refractivity contribution in [1.82, 2.24) is 4.98 Å². The molecule has 1 aliphatic rings. The first-order valence-corrected chi connectivity index (χ1v) is 5.51. The maximum absolute atomic E-state index is 5.95. The molecule has 0 fully saturated rings. The standard InChI is InChI=1S/C13H14N2/c14-11-5-3-7-13-10(11)8-9-4-1-2-6-12(9)15-13/h3,5,7-8H,1-2,4,6,14H2. The summed E-state index contributed by atoms with van der Waals surface area (Å²) in [6.45, 7) is 0. The fourth-order valence-corrected chi connectivity index (χ4v) is 2.34. The second kappa shape index (κ2) is 3.23. The van der Waals surface area contributed by atoms with Gasteiger partial charge < -0.3 is 5.73 Å². The third-order valence-electron chi connectivity index (χ3n) is 3.17. The van der Waals surface area contributed by atoms with Crippen molar-refractivity contribution in [2.24, 2.45) is 0 Å². The van der Waals surface area contributed by atoms with E-state index in [9.17, 15) is 0 Å². The van der Waals surface area contributed by atoms with Crippen LogP contribution in [0.4, 0.5) is 5.69 Å². The number of anilines is 1. The summed E-state index contributed by atoms with van der Waals surface area (Å²) >= 11 is 0. The number of rotatable bonds is 0. The van der Waals surface area contributed by atoms with Crippen molar-refractivity contribution >= 4 is 16.6 Å². The normalized spacial score (nSPS) is 15.2. The van der Waals surface area contributed by atoms with Gasteiger partial charge in [0.25, 0.3) is 0 Å². The molecule has 1 heterocycles. The summed E-state index contributed by atoms with van der Waals surface area (Å²) in [6.07, 6.45) is 4.84. The summed E-state index contributed by atoms with van der Waals surface area (Å²) in [6, 6.07) is 8.19. The van der Waals surface area contributed by atoms with Crippen molar-refractivity contribution < 1.29 is 0 Å². The number of nitrogens with zero attached hydrogens (tertiary/aromatic N) is 1. The van der Waals surface area contributed by atoms with E-state index in [1.165, 1.54) is 24.1 Å². The Balaban J connectivity index is 2.31. The van der Waals surface area contributed by atoms with E-state index in [1.807, 2.05) is 18.2 Å². The Bertz CT molecular complexity index is 517. The second-order valence-corrected chi connectivity index (χ2v) is 4.22. The molecule has 0 radical (unpaired) electrons. The molecular formula is C13H14N2. The van der Waals surface area contributed by atoms with E-state index in [1.54, 1.807) is 0 Å². The van der Waals surface area contributed by atoms with Crippen molar-refractivity contribution in [3.05, 3.63) is 35.5 Å². The highest BCUT2D eigenvalue weighted by Gasteiger charge is 2.12. The van der Waals surface area contributed by atoms with Gasteiger partial charge in [-0.3, -0.25) is 4.98 Å². The molecule has 1 aliphatic carbocycles. The molecule has 2 nitrogen and oxygen atoms in total. The average molecular weight is 198 g/mol. The van der Waals surface area contributed by atoms with Gasteiger partial charge in [-0.1, -0.05) is 6.07 Å². The molecule has 1 aromatic carbocycles. The van der Waals surface area contributed by atoms with E-state index in [0.29, 0.717) is 0 Å². The molecule has 2 heteroatoms. The first kappa shape index (κ1) is 8.72. The summed E-state index contributed by atoms with van der Waals surface area (Å²) in [5.74, 6) is 0. The molecule has 0 atom stereocenters. The Morgan fingerprint density at radius 2 is 2.00 bits per heavy atom. The predicted molar refractivity (Wildman–Crippen MR) is 62.8 cm³/mol. The summed E-state index contributed by atoms with van der Waals surface area (Å²) < 4.78 is 0. The number of pyridine rings is 1. The SMILES string of the molecule is Nc1cccc2nc3c(cc12)CCCC3. The van der Waals surface area contributed by atoms with Crippen molar-refractivity contribution in [3.63, 3.8) is 0 Å². The van der Waals surface area contributed by atoms with E-state index >= 15 is 0 Å². The van der Waals surface area contributed by atoms with Gasteiger partial charge in [0, 0.05) is 16.8 Å². The van der Waals surface area contributed by atoms with Gasteiger partial charge in [0.15, 0.2) is 0 Å². The zero-order chi connectivity index (χ0) is 10.3. The molecule has 1 aromatic heterocycles. The molecule has 0 spiro atoms. The molecule has 15 heavy (non-hydrogen) atoms. The Kier molecular flexibility index (Phi) is 1.88. The summed E-state index contributed by atoms with van der Waals surface area (Å²) in [4.78, 5) is 4.70. The van der Waals surface area contributed by atoms with Gasteiger partial charge in [-0.25, -0.2) is 0 Å². The van der Waals surface area contributed by atoms with E-state index in [2.05, 4.69) is 6.07 Å². The second-order valence-electron chi connectivity index (χ2n) is 4.22. The highest BCUT2D eigenvalue weighted by atomic mass is 14.7. The molecule has 0 bridgehead atoms. The van der Waals surface area contributed by atoms with Crippen LogP contribution < -0.4 is 5.73 Å². The Labute approximate surface area is 89.1 Å². The van der Waals surface area contributed by atoms with Gasteiger partial charge in [0.2, 0.25) is 0 Å². The predicted octanol–water partition coefficient (Wildman–Crippen LogP) is 2.70. The molecule has 0 amide bonds. The number of aromatic nitrogens is 1. The Hall–Kier alpha value is -1.57. The zero-order valence-electron chi connectivity index (χ0n) is 8.66. The lowest BCUT2D eigenvalue weighted by Gasteiger charge is -2.15. The lowest BCUT2D eigenvalue weighted by molar-refractivity contribution is 0.671. The van der Waals surface area contributed by atoms with E-state index < -0.39 is 0 Å². The summed E-state index contributed by atoms with van der Waals surface area (Å²) in [7, 11) is 0. The van der Waals surface area contributed by atoms with Gasteiger partial charge in [-0.05, 0) is 49.4 Å². The van der Waals surface area contributed by atoms with E-state index in [-0.39, 0.29) is 0 Å². The summed E-state index contributed by atoms with van der Waals surface area (Å²) in [5.41, 5.74) is 10.5. The fourth-order valence-electron chi connectivity index (χ4n) is 2.34. The first-order valence-electron chi connectivity index (χ1n) is 5.51. The van der Waals surface area contributed by atoms with Crippen LogP contribution in [0.15, 0.2) is 24.3 Å². The molecule has 2 aromatic rings. The maximum Gasteiger partial charge on any atom is 0.0726 e. The first-order chi connectivity index (χ1) is 7.34. The monoisotopic (exact) mass is 198 g/mol. The van der Waals surface area contributed by atoms with Crippen LogP contribution in [0.3, 0.4) is 0 Å². The number of nitrogens with two attached hydrogens (primary N) is 1. The highest BCUT2D eigenvalue weighted by molar-refractivity contribution is 5.90. The van der Waals surface area contributed by atoms with Gasteiger partial charge in [0.1, 0.15) is 0 Å². The van der Waals surface area contributed by atoms with Crippen molar-refractivity contribution in [2.45, 2.75) is 25.7 Å². The fraction of sp³-hybridized carbons (Fsp3) is 0.308. The molecule has 3 rings (SSSR count). The molecule has 76 valence electrons. The number of aryl methyl sites for hydroxylation is 2. The minimum absolute atomic E-state index is 0.841. The lowest BCUT2D eigenvalue weighted by atomic mass is 9.94. The number of hydrogen-bond donors (Lipinski definition) is 1. The minimum atomic E-state index is 0.841. The average Bonchev–Trinajstić information content (AvgIpc) is 2.27. The van der Waals surface area contributed by atoms with E-state index in [4.69, 9.17) is 10.7 Å². The third-order valence-corrected chi connectivity index (χ3v) is 3.17. The molecule has 0 unspecified atom stereocenters. The van der Waals surface area contributed by atoms with Crippen LogP contribution in [-0.4, -0.2) is 4.98 Å². The minimum Gasteiger partial charge on any atom is -0.398 e. The highest BCUT2D eigenvalue weighted by Crippen LogP contribution is 2.26. The molecule has 2 N–H and O–H groups in total. The third kappa shape index (κ3) is 1.37. The van der Waals surface area contributed by atoms with Crippen LogP contribution in [0.2, 0.25) is 0 Å². The summed E-state index contributed by atoms with van der Waals surface area (Å²) in [5, 5.41) is 1.11. The van der Waals surface area contributed by atoms with Gasteiger partial charge in [0.05, 0.1) is 5.52 Å². The van der Waals surface area contributed by atoms with Crippen LogP contribution in [0, 0.1) is 0 Å². The molecule has 0 aliphatic heterocycles. The van der Waals surface area contributed by atoms with Crippen LogP contribution in [-0.2, 0) is 12.8 Å². The van der Waals surface area contributed by atoms with Crippen LogP contribution >= 0.6 is 0 Å². The number of benzene rings is 1. The van der Waals surface area contributed by atoms with Crippen LogP contribution in [0.1, 0.15) is 24.1 Å². The van der Waals surface area contributed by atoms with Gasteiger partial charge in [-0.2, -0.15) is 0 Å². The molecule has 0 saturated heterocycles. The van der Waals surface area contributed by atoms with Gasteiger partial charge in [-0.15, -0.1) is 0 Å². The molecule has 0 saturated carbocycles. The Morgan fingerprint density at radius 3 is 2.93 bits per heavy atom. The number of nitrogen functional groups attached to an aromatic ring is 1. The number of fused-ring (bicyclic) bond motifs is 2. The Morgan fingerprint density at radius 1 is 1.13 bits per heavy atom. The van der Waals surface area contributed by atoms with Crippen LogP contribution in [0.5, 0.6) is 0 Å². The van der Waals surface area contributed by atoms with Crippen molar-refractivity contribution in [3.8, 4) is 0 Å².